The molecule has 0 amide bonds. The quantitative estimate of drug-likeness (QED) is 0.868. The van der Waals surface area contributed by atoms with Gasteiger partial charge in [-0.3, -0.25) is 4.90 Å². The first kappa shape index (κ1) is 15.3. The first-order chi connectivity index (χ1) is 9.43. The highest BCUT2D eigenvalue weighted by Gasteiger charge is 2.27. The molecule has 1 unspecified atom stereocenters. The highest BCUT2D eigenvalue weighted by Crippen LogP contribution is 2.30. The van der Waals surface area contributed by atoms with Crippen LogP contribution in [0.5, 0.6) is 5.75 Å². The van der Waals surface area contributed by atoms with Crippen molar-refractivity contribution in [1.82, 2.24) is 4.90 Å². The van der Waals surface area contributed by atoms with Crippen LogP contribution in [0.2, 0.25) is 0 Å². The molecule has 1 aromatic rings. The maximum Gasteiger partial charge on any atom is 0.123 e. The van der Waals surface area contributed by atoms with Gasteiger partial charge in [-0.1, -0.05) is 38.5 Å². The van der Waals surface area contributed by atoms with Gasteiger partial charge in [-0.15, -0.1) is 0 Å². The second-order valence-corrected chi connectivity index (χ2v) is 6.75. The van der Waals surface area contributed by atoms with E-state index in [2.05, 4.69) is 50.8 Å². The average Bonchev–Trinajstić information content (AvgIpc) is 2.79. The number of rotatable bonds is 6. The number of fused-ring (bicyclic) bond motifs is 1. The molecule has 3 nitrogen and oxygen atoms in total. The van der Waals surface area contributed by atoms with Crippen LogP contribution in [0.4, 0.5) is 0 Å². The third-order valence-electron chi connectivity index (χ3n) is 4.07. The number of aryl methyl sites for hydroxylation is 1. The second-order valence-electron chi connectivity index (χ2n) is 6.75. The highest BCUT2D eigenvalue weighted by atomic mass is 16.5. The van der Waals surface area contributed by atoms with Crippen molar-refractivity contribution in [2.45, 2.75) is 40.2 Å². The molecule has 1 atom stereocenters. The molecular weight excluding hydrogens is 248 g/mol. The molecule has 0 aliphatic carbocycles. The van der Waals surface area contributed by atoms with Gasteiger partial charge in [0.1, 0.15) is 11.9 Å². The van der Waals surface area contributed by atoms with Crippen LogP contribution in [-0.2, 0) is 6.42 Å². The lowest BCUT2D eigenvalue weighted by molar-refractivity contribution is 0.121. The fourth-order valence-electron chi connectivity index (χ4n) is 2.81. The van der Waals surface area contributed by atoms with Crippen molar-refractivity contribution in [2.75, 3.05) is 26.2 Å². The lowest BCUT2D eigenvalue weighted by Gasteiger charge is -2.32. The molecule has 2 rings (SSSR count). The summed E-state index contributed by atoms with van der Waals surface area (Å²) in [6, 6.07) is 6.47. The van der Waals surface area contributed by atoms with E-state index in [0.29, 0.717) is 6.54 Å². The molecule has 0 saturated heterocycles. The number of likely N-dealkylation sites (N-methyl/N-ethyl adjacent to an activating group) is 1. The van der Waals surface area contributed by atoms with Crippen molar-refractivity contribution in [3.05, 3.63) is 29.3 Å². The van der Waals surface area contributed by atoms with Gasteiger partial charge in [-0.25, -0.2) is 0 Å². The Morgan fingerprint density at radius 2 is 2.15 bits per heavy atom. The maximum atomic E-state index is 6.07. The summed E-state index contributed by atoms with van der Waals surface area (Å²) >= 11 is 0. The summed E-state index contributed by atoms with van der Waals surface area (Å²) in [5.74, 6) is 1.06. The minimum absolute atomic E-state index is 0.165. The van der Waals surface area contributed by atoms with E-state index in [1.807, 2.05) is 0 Å². The van der Waals surface area contributed by atoms with Crippen LogP contribution in [0.1, 0.15) is 31.9 Å². The lowest BCUT2D eigenvalue weighted by Crippen LogP contribution is -2.43. The second kappa shape index (κ2) is 6.15. The molecular formula is C17H28N2O. The standard InChI is InChI=1S/C17H28N2O/c1-5-19(12-17(3,4)11-18)10-15-9-14-8-13(2)6-7-16(14)20-15/h6-8,15H,5,9-12,18H2,1-4H3. The Kier molecular flexibility index (Phi) is 4.71. The molecule has 0 spiro atoms. The summed E-state index contributed by atoms with van der Waals surface area (Å²) in [4.78, 5) is 2.45. The molecule has 1 aromatic carbocycles. The molecule has 0 saturated carbocycles. The fourth-order valence-corrected chi connectivity index (χ4v) is 2.81. The van der Waals surface area contributed by atoms with Crippen molar-refractivity contribution in [3.8, 4) is 5.75 Å². The largest absolute Gasteiger partial charge is 0.488 e. The lowest BCUT2D eigenvalue weighted by atomic mass is 9.93. The van der Waals surface area contributed by atoms with E-state index in [-0.39, 0.29) is 11.5 Å². The smallest absolute Gasteiger partial charge is 0.123 e. The normalized spacial score (nSPS) is 18.2. The van der Waals surface area contributed by atoms with E-state index in [0.717, 1.165) is 31.8 Å². The van der Waals surface area contributed by atoms with Crippen LogP contribution in [0.25, 0.3) is 0 Å². The predicted molar refractivity (Wildman–Crippen MR) is 84.2 cm³/mol. The Hall–Kier alpha value is -1.06. The monoisotopic (exact) mass is 276 g/mol. The Balaban J connectivity index is 1.94. The zero-order valence-electron chi connectivity index (χ0n) is 13.3. The SMILES string of the molecule is CCN(CC1Cc2cc(C)ccc2O1)CC(C)(C)CN. The molecule has 0 aromatic heterocycles. The van der Waals surface area contributed by atoms with Gasteiger partial charge in [0.2, 0.25) is 0 Å². The summed E-state index contributed by atoms with van der Waals surface area (Å²) in [6.45, 7) is 12.6. The molecule has 112 valence electrons. The zero-order valence-corrected chi connectivity index (χ0v) is 13.3. The Morgan fingerprint density at radius 1 is 1.40 bits per heavy atom. The van der Waals surface area contributed by atoms with Gasteiger partial charge < -0.3 is 10.5 Å². The summed E-state index contributed by atoms with van der Waals surface area (Å²) in [7, 11) is 0. The van der Waals surface area contributed by atoms with Crippen molar-refractivity contribution >= 4 is 0 Å². The number of benzene rings is 1. The van der Waals surface area contributed by atoms with E-state index in [4.69, 9.17) is 10.5 Å². The van der Waals surface area contributed by atoms with E-state index in [9.17, 15) is 0 Å². The first-order valence-electron chi connectivity index (χ1n) is 7.62. The van der Waals surface area contributed by atoms with E-state index in [1.165, 1.54) is 11.1 Å². The van der Waals surface area contributed by atoms with Crippen LogP contribution in [0.15, 0.2) is 18.2 Å². The minimum atomic E-state index is 0.165. The third-order valence-corrected chi connectivity index (χ3v) is 4.07. The molecule has 2 N–H and O–H groups in total. The molecule has 3 heteroatoms. The molecule has 0 bridgehead atoms. The summed E-state index contributed by atoms with van der Waals surface area (Å²) in [5, 5.41) is 0. The fraction of sp³-hybridized carbons (Fsp3) is 0.647. The van der Waals surface area contributed by atoms with Crippen LogP contribution in [0.3, 0.4) is 0 Å². The van der Waals surface area contributed by atoms with Crippen LogP contribution in [0, 0.1) is 12.3 Å². The van der Waals surface area contributed by atoms with Crippen LogP contribution in [-0.4, -0.2) is 37.2 Å². The summed E-state index contributed by atoms with van der Waals surface area (Å²) in [5.41, 5.74) is 8.67. The number of hydrogen-bond acceptors (Lipinski definition) is 3. The van der Waals surface area contributed by atoms with Gasteiger partial charge in [0.25, 0.3) is 0 Å². The van der Waals surface area contributed by atoms with Crippen LogP contribution < -0.4 is 10.5 Å². The molecule has 1 aliphatic rings. The number of hydrogen-bond donors (Lipinski definition) is 1. The van der Waals surface area contributed by atoms with Crippen molar-refractivity contribution in [1.29, 1.82) is 0 Å². The first-order valence-corrected chi connectivity index (χ1v) is 7.62. The molecule has 0 fully saturated rings. The van der Waals surface area contributed by atoms with Gasteiger partial charge in [-0.05, 0) is 37.1 Å². The van der Waals surface area contributed by atoms with Gasteiger partial charge in [0, 0.05) is 19.5 Å². The van der Waals surface area contributed by atoms with Crippen molar-refractivity contribution in [2.24, 2.45) is 11.1 Å². The van der Waals surface area contributed by atoms with E-state index in [1.54, 1.807) is 0 Å². The van der Waals surface area contributed by atoms with E-state index >= 15 is 0 Å². The number of nitrogens with two attached hydrogens (primary N) is 1. The predicted octanol–water partition coefficient (Wildman–Crippen LogP) is 2.61. The molecule has 1 aliphatic heterocycles. The minimum Gasteiger partial charge on any atom is -0.488 e. The molecule has 1 heterocycles. The maximum absolute atomic E-state index is 6.07. The van der Waals surface area contributed by atoms with Crippen molar-refractivity contribution in [3.63, 3.8) is 0 Å². The highest BCUT2D eigenvalue weighted by molar-refractivity contribution is 5.40. The van der Waals surface area contributed by atoms with Gasteiger partial charge in [0.05, 0.1) is 0 Å². The van der Waals surface area contributed by atoms with Gasteiger partial charge >= 0.3 is 0 Å². The zero-order chi connectivity index (χ0) is 14.8. The summed E-state index contributed by atoms with van der Waals surface area (Å²) < 4.78 is 6.07. The van der Waals surface area contributed by atoms with Crippen molar-refractivity contribution < 1.29 is 4.74 Å². The Morgan fingerprint density at radius 3 is 2.80 bits per heavy atom. The Bertz CT molecular complexity index is 456. The number of nitrogens with zero attached hydrogens (tertiary/aromatic N) is 1. The summed E-state index contributed by atoms with van der Waals surface area (Å²) in [6.07, 6.45) is 1.30. The molecule has 20 heavy (non-hydrogen) atoms. The number of ether oxygens (including phenoxy) is 1. The van der Waals surface area contributed by atoms with E-state index < -0.39 is 0 Å². The van der Waals surface area contributed by atoms with Gasteiger partial charge in [-0.2, -0.15) is 0 Å². The van der Waals surface area contributed by atoms with Gasteiger partial charge in [0.15, 0.2) is 0 Å². The van der Waals surface area contributed by atoms with Crippen LogP contribution >= 0.6 is 0 Å². The average molecular weight is 276 g/mol. The molecule has 0 radical (unpaired) electrons. The third kappa shape index (κ3) is 3.74. The topological polar surface area (TPSA) is 38.5 Å². The Labute approximate surface area is 123 Å².